The van der Waals surface area contributed by atoms with E-state index in [0.29, 0.717) is 13.1 Å². The molecule has 4 nitrogen and oxygen atoms in total. The Balaban J connectivity index is 2.15. The molecule has 0 radical (unpaired) electrons. The number of rotatable bonds is 7. The summed E-state index contributed by atoms with van der Waals surface area (Å²) in [6, 6.07) is 4.14. The molecule has 1 aromatic rings. The van der Waals surface area contributed by atoms with Gasteiger partial charge in [0.1, 0.15) is 0 Å². The molecule has 0 aliphatic heterocycles. The average Bonchev–Trinajstić information content (AvgIpc) is 2.76. The van der Waals surface area contributed by atoms with E-state index in [-0.39, 0.29) is 12.5 Å². The van der Waals surface area contributed by atoms with Gasteiger partial charge in [-0.15, -0.1) is 11.3 Å². The Labute approximate surface area is 99.9 Å². The van der Waals surface area contributed by atoms with Crippen LogP contribution in [0.25, 0.3) is 0 Å². The lowest BCUT2D eigenvalue weighted by molar-refractivity contribution is -0.122. The standard InChI is InChI=1S/C11H18N2O2S/c1-13(9-11(15)12-5-7-14)6-4-10-3-2-8-16-10/h2-3,8,14H,4-7,9H2,1H3,(H,12,15). The van der Waals surface area contributed by atoms with Crippen molar-refractivity contribution in [1.82, 2.24) is 10.2 Å². The molecule has 90 valence electrons. The van der Waals surface area contributed by atoms with Crippen LogP contribution in [-0.2, 0) is 11.2 Å². The largest absolute Gasteiger partial charge is 0.395 e. The van der Waals surface area contributed by atoms with Gasteiger partial charge in [-0.25, -0.2) is 0 Å². The molecule has 0 bridgehead atoms. The molecule has 5 heteroatoms. The van der Waals surface area contributed by atoms with E-state index in [1.165, 1.54) is 4.88 Å². The van der Waals surface area contributed by atoms with Crippen LogP contribution in [0.15, 0.2) is 17.5 Å². The first kappa shape index (κ1) is 13.2. The van der Waals surface area contributed by atoms with Gasteiger partial charge in [0.2, 0.25) is 5.91 Å². The number of nitrogens with zero attached hydrogens (tertiary/aromatic N) is 1. The van der Waals surface area contributed by atoms with E-state index in [2.05, 4.69) is 16.8 Å². The van der Waals surface area contributed by atoms with Crippen molar-refractivity contribution in [1.29, 1.82) is 0 Å². The van der Waals surface area contributed by atoms with E-state index in [1.54, 1.807) is 11.3 Å². The van der Waals surface area contributed by atoms with Crippen LogP contribution in [0.3, 0.4) is 0 Å². The minimum atomic E-state index is -0.0391. The van der Waals surface area contributed by atoms with Gasteiger partial charge in [-0.05, 0) is 24.9 Å². The van der Waals surface area contributed by atoms with Gasteiger partial charge in [-0.1, -0.05) is 6.07 Å². The predicted molar refractivity (Wildman–Crippen MR) is 65.6 cm³/mol. The van der Waals surface area contributed by atoms with Gasteiger partial charge in [-0.3, -0.25) is 9.69 Å². The van der Waals surface area contributed by atoms with Crippen molar-refractivity contribution in [2.45, 2.75) is 6.42 Å². The highest BCUT2D eigenvalue weighted by atomic mass is 32.1. The van der Waals surface area contributed by atoms with Gasteiger partial charge >= 0.3 is 0 Å². The van der Waals surface area contributed by atoms with Crippen molar-refractivity contribution in [2.75, 3.05) is 33.3 Å². The molecule has 0 unspecified atom stereocenters. The highest BCUT2D eigenvalue weighted by Crippen LogP contribution is 2.09. The summed E-state index contributed by atoms with van der Waals surface area (Å²) in [4.78, 5) is 14.6. The molecule has 0 saturated carbocycles. The second-order valence-corrected chi connectivity index (χ2v) is 4.67. The lowest BCUT2D eigenvalue weighted by atomic mass is 10.3. The maximum Gasteiger partial charge on any atom is 0.234 e. The number of carbonyl (C=O) groups excluding carboxylic acids is 1. The second kappa shape index (κ2) is 7.38. The maximum absolute atomic E-state index is 11.3. The van der Waals surface area contributed by atoms with Crippen LogP contribution in [0.4, 0.5) is 0 Å². The van der Waals surface area contributed by atoms with Crippen molar-refractivity contribution in [3.05, 3.63) is 22.4 Å². The summed E-state index contributed by atoms with van der Waals surface area (Å²) < 4.78 is 0. The van der Waals surface area contributed by atoms with E-state index in [1.807, 2.05) is 18.0 Å². The van der Waals surface area contributed by atoms with Crippen LogP contribution in [0.2, 0.25) is 0 Å². The maximum atomic E-state index is 11.3. The molecule has 0 fully saturated rings. The van der Waals surface area contributed by atoms with E-state index < -0.39 is 0 Å². The summed E-state index contributed by atoms with van der Waals surface area (Å²) in [5.41, 5.74) is 0. The molecule has 0 aliphatic carbocycles. The smallest absolute Gasteiger partial charge is 0.234 e. The van der Waals surface area contributed by atoms with Crippen LogP contribution in [0, 0.1) is 0 Å². The minimum absolute atomic E-state index is 0.00928. The third kappa shape index (κ3) is 5.25. The van der Waals surface area contributed by atoms with Gasteiger partial charge < -0.3 is 10.4 Å². The summed E-state index contributed by atoms with van der Waals surface area (Å²) in [5.74, 6) is -0.0391. The first-order valence-corrected chi connectivity index (χ1v) is 6.19. The summed E-state index contributed by atoms with van der Waals surface area (Å²) in [7, 11) is 1.92. The zero-order chi connectivity index (χ0) is 11.8. The SMILES string of the molecule is CN(CCc1cccs1)CC(=O)NCCO. The molecule has 16 heavy (non-hydrogen) atoms. The Bertz CT molecular complexity index is 301. The van der Waals surface area contributed by atoms with Gasteiger partial charge in [-0.2, -0.15) is 0 Å². The molecule has 1 heterocycles. The van der Waals surface area contributed by atoms with Gasteiger partial charge in [0.05, 0.1) is 13.2 Å². The number of aliphatic hydroxyl groups is 1. The van der Waals surface area contributed by atoms with Gasteiger partial charge in [0.25, 0.3) is 0 Å². The number of hydrogen-bond donors (Lipinski definition) is 2. The molecule has 2 N–H and O–H groups in total. The van der Waals surface area contributed by atoms with Crippen molar-refractivity contribution >= 4 is 17.2 Å². The number of hydrogen-bond acceptors (Lipinski definition) is 4. The normalized spacial score (nSPS) is 10.7. The first-order chi connectivity index (χ1) is 7.72. The Morgan fingerprint density at radius 1 is 1.62 bits per heavy atom. The molecule has 1 aromatic heterocycles. The molecule has 0 atom stereocenters. The van der Waals surface area contributed by atoms with Crippen molar-refractivity contribution in [3.8, 4) is 0 Å². The van der Waals surface area contributed by atoms with Crippen LogP contribution in [-0.4, -0.2) is 49.2 Å². The lowest BCUT2D eigenvalue weighted by Gasteiger charge is -2.15. The number of carbonyl (C=O) groups is 1. The predicted octanol–water partition coefficient (Wildman–Crippen LogP) is 0.331. The Morgan fingerprint density at radius 2 is 2.44 bits per heavy atom. The number of nitrogens with one attached hydrogen (secondary N) is 1. The molecule has 1 rings (SSSR count). The minimum Gasteiger partial charge on any atom is -0.395 e. The fraction of sp³-hybridized carbons (Fsp3) is 0.545. The zero-order valence-electron chi connectivity index (χ0n) is 9.48. The topological polar surface area (TPSA) is 52.6 Å². The summed E-state index contributed by atoms with van der Waals surface area (Å²) in [6.07, 6.45) is 0.974. The number of amides is 1. The first-order valence-electron chi connectivity index (χ1n) is 5.31. The fourth-order valence-electron chi connectivity index (χ4n) is 1.33. The number of aliphatic hydroxyl groups excluding tert-OH is 1. The summed E-state index contributed by atoms with van der Waals surface area (Å²) in [6.45, 7) is 1.57. The highest BCUT2D eigenvalue weighted by Gasteiger charge is 2.05. The van der Waals surface area contributed by atoms with Gasteiger partial charge in [0, 0.05) is 18.0 Å². The highest BCUT2D eigenvalue weighted by molar-refractivity contribution is 7.09. The van der Waals surface area contributed by atoms with Crippen molar-refractivity contribution in [3.63, 3.8) is 0 Å². The third-order valence-electron chi connectivity index (χ3n) is 2.17. The number of likely N-dealkylation sites (N-methyl/N-ethyl adjacent to an activating group) is 1. The Hall–Kier alpha value is -0.910. The van der Waals surface area contributed by atoms with Crippen LogP contribution < -0.4 is 5.32 Å². The number of thiophene rings is 1. The molecule has 0 aliphatic rings. The Kier molecular flexibility index (Phi) is 6.07. The Morgan fingerprint density at radius 3 is 3.06 bits per heavy atom. The molecular weight excluding hydrogens is 224 g/mol. The molecule has 1 amide bonds. The second-order valence-electron chi connectivity index (χ2n) is 3.64. The van der Waals surface area contributed by atoms with Crippen molar-refractivity contribution in [2.24, 2.45) is 0 Å². The van der Waals surface area contributed by atoms with E-state index in [4.69, 9.17) is 5.11 Å². The fourth-order valence-corrected chi connectivity index (χ4v) is 2.03. The van der Waals surface area contributed by atoms with Gasteiger partial charge in [0.15, 0.2) is 0 Å². The van der Waals surface area contributed by atoms with Crippen LogP contribution in [0.1, 0.15) is 4.88 Å². The molecular formula is C11H18N2O2S. The summed E-state index contributed by atoms with van der Waals surface area (Å²) in [5, 5.41) is 13.2. The van der Waals surface area contributed by atoms with E-state index in [9.17, 15) is 4.79 Å². The molecule has 0 spiro atoms. The lowest BCUT2D eigenvalue weighted by Crippen LogP contribution is -2.37. The average molecular weight is 242 g/mol. The van der Waals surface area contributed by atoms with E-state index in [0.717, 1.165) is 13.0 Å². The van der Waals surface area contributed by atoms with Crippen molar-refractivity contribution < 1.29 is 9.90 Å². The quantitative estimate of drug-likeness (QED) is 0.724. The van der Waals surface area contributed by atoms with Crippen LogP contribution in [0.5, 0.6) is 0 Å². The molecule has 0 saturated heterocycles. The third-order valence-corrected chi connectivity index (χ3v) is 3.10. The van der Waals surface area contributed by atoms with E-state index >= 15 is 0 Å². The summed E-state index contributed by atoms with van der Waals surface area (Å²) >= 11 is 1.74. The van der Waals surface area contributed by atoms with Crippen LogP contribution >= 0.6 is 11.3 Å². The monoisotopic (exact) mass is 242 g/mol. The zero-order valence-corrected chi connectivity index (χ0v) is 10.3. The molecule has 0 aromatic carbocycles.